The predicted octanol–water partition coefficient (Wildman–Crippen LogP) is 3.00. The molecule has 0 spiro atoms. The van der Waals surface area contributed by atoms with Gasteiger partial charge in [0.05, 0.1) is 45.3 Å². The Kier molecular flexibility index (Phi) is 4.96. The molecule has 142 valence electrons. The van der Waals surface area contributed by atoms with Crippen molar-refractivity contribution in [3.8, 4) is 0 Å². The summed E-state index contributed by atoms with van der Waals surface area (Å²) in [6, 6.07) is -0.165. The number of sulfone groups is 1. The molecule has 3 rings (SSSR count). The molecule has 26 heavy (non-hydrogen) atoms. The van der Waals surface area contributed by atoms with Crippen LogP contribution < -0.4 is 5.32 Å². The van der Waals surface area contributed by atoms with E-state index in [9.17, 15) is 13.2 Å². The Morgan fingerprint density at radius 2 is 1.96 bits per heavy atom. The number of amides is 1. The van der Waals surface area contributed by atoms with Crippen molar-refractivity contribution < 1.29 is 13.2 Å². The van der Waals surface area contributed by atoms with Crippen LogP contribution in [0, 0.1) is 20.8 Å². The highest BCUT2D eigenvalue weighted by Gasteiger charge is 2.32. The minimum absolute atomic E-state index is 0.105. The molecule has 1 saturated heterocycles. The number of thiazole rings is 1. The van der Waals surface area contributed by atoms with Gasteiger partial charge < -0.3 is 5.32 Å². The molecule has 2 aromatic rings. The number of aromatic nitrogens is 3. The maximum absolute atomic E-state index is 12.7. The van der Waals surface area contributed by atoms with E-state index in [1.165, 1.54) is 11.3 Å². The quantitative estimate of drug-likeness (QED) is 0.857. The van der Waals surface area contributed by atoms with E-state index in [-0.39, 0.29) is 29.4 Å². The topological polar surface area (TPSA) is 93.9 Å². The van der Waals surface area contributed by atoms with Crippen molar-refractivity contribution in [3.05, 3.63) is 27.0 Å². The molecule has 1 N–H and O–H groups in total. The van der Waals surface area contributed by atoms with Crippen molar-refractivity contribution in [2.45, 2.75) is 53.0 Å². The lowest BCUT2D eigenvalue weighted by molar-refractivity contribution is 0.102. The number of nitrogens with zero attached hydrogens (tertiary/aromatic N) is 3. The van der Waals surface area contributed by atoms with Crippen molar-refractivity contribution in [1.29, 1.82) is 0 Å². The molecule has 1 atom stereocenters. The average Bonchev–Trinajstić information content (AvgIpc) is 3.18. The van der Waals surface area contributed by atoms with Crippen LogP contribution in [0.4, 0.5) is 5.69 Å². The third-order valence-corrected chi connectivity index (χ3v) is 7.84. The molecule has 3 heterocycles. The SMILES string of the molecule is Cc1nc(C(C)C)sc1C(=O)Nc1c(C)nn(C2CCS(=O)(=O)C2)c1C. The van der Waals surface area contributed by atoms with E-state index in [4.69, 9.17) is 0 Å². The molecule has 1 fully saturated rings. The first-order chi connectivity index (χ1) is 12.1. The van der Waals surface area contributed by atoms with Gasteiger partial charge in [-0.1, -0.05) is 13.8 Å². The fourth-order valence-corrected chi connectivity index (χ4v) is 5.87. The molecule has 0 bridgehead atoms. The zero-order valence-electron chi connectivity index (χ0n) is 15.7. The number of carbonyl (C=O) groups is 1. The Hall–Kier alpha value is -1.74. The van der Waals surface area contributed by atoms with Crippen LogP contribution in [0.25, 0.3) is 0 Å². The molecule has 0 aromatic carbocycles. The van der Waals surface area contributed by atoms with Crippen molar-refractivity contribution >= 4 is 32.8 Å². The van der Waals surface area contributed by atoms with E-state index < -0.39 is 9.84 Å². The first kappa shape index (κ1) is 19.0. The van der Waals surface area contributed by atoms with Crippen molar-refractivity contribution in [1.82, 2.24) is 14.8 Å². The van der Waals surface area contributed by atoms with Gasteiger partial charge in [0, 0.05) is 5.92 Å². The fourth-order valence-electron chi connectivity index (χ4n) is 3.21. The van der Waals surface area contributed by atoms with Gasteiger partial charge in [-0.2, -0.15) is 5.10 Å². The Morgan fingerprint density at radius 3 is 2.50 bits per heavy atom. The Balaban J connectivity index is 1.86. The number of hydrogen-bond donors (Lipinski definition) is 1. The summed E-state index contributed by atoms with van der Waals surface area (Å²) in [7, 11) is -3.00. The zero-order valence-corrected chi connectivity index (χ0v) is 17.3. The summed E-state index contributed by atoms with van der Waals surface area (Å²) >= 11 is 1.41. The normalized spacial score (nSPS) is 19.2. The second-order valence-corrected chi connectivity index (χ2v) is 10.4. The molecule has 0 aliphatic carbocycles. The first-order valence-electron chi connectivity index (χ1n) is 8.64. The molecule has 1 amide bonds. The van der Waals surface area contributed by atoms with Gasteiger partial charge in [0.15, 0.2) is 9.84 Å². The molecule has 0 saturated carbocycles. The molecule has 1 aliphatic rings. The highest BCUT2D eigenvalue weighted by molar-refractivity contribution is 7.91. The second kappa shape index (κ2) is 6.77. The maximum Gasteiger partial charge on any atom is 0.267 e. The smallest absolute Gasteiger partial charge is 0.267 e. The summed E-state index contributed by atoms with van der Waals surface area (Å²) in [5.41, 5.74) is 2.84. The number of carbonyl (C=O) groups excluding carboxylic acids is 1. The number of rotatable bonds is 4. The van der Waals surface area contributed by atoms with Crippen LogP contribution >= 0.6 is 11.3 Å². The second-order valence-electron chi connectivity index (χ2n) is 7.12. The van der Waals surface area contributed by atoms with Crippen LogP contribution in [0.15, 0.2) is 0 Å². The lowest BCUT2D eigenvalue weighted by Crippen LogP contribution is -2.15. The van der Waals surface area contributed by atoms with Gasteiger partial charge in [0.25, 0.3) is 5.91 Å². The van der Waals surface area contributed by atoms with Gasteiger partial charge >= 0.3 is 0 Å². The molecular weight excluding hydrogens is 372 g/mol. The Bertz CT molecular complexity index is 957. The van der Waals surface area contributed by atoms with Crippen LogP contribution in [0.3, 0.4) is 0 Å². The number of nitrogens with one attached hydrogen (secondary N) is 1. The molecule has 0 radical (unpaired) electrons. The van der Waals surface area contributed by atoms with Crippen LogP contribution in [0.5, 0.6) is 0 Å². The van der Waals surface area contributed by atoms with Gasteiger partial charge in [0.2, 0.25) is 0 Å². The van der Waals surface area contributed by atoms with E-state index in [1.54, 1.807) is 4.68 Å². The summed E-state index contributed by atoms with van der Waals surface area (Å²) in [6.07, 6.45) is 0.559. The Labute approximate surface area is 157 Å². The van der Waals surface area contributed by atoms with Gasteiger partial charge in [0.1, 0.15) is 4.88 Å². The fraction of sp³-hybridized carbons (Fsp3) is 0.588. The zero-order chi connectivity index (χ0) is 19.2. The van der Waals surface area contributed by atoms with Gasteiger partial charge in [-0.25, -0.2) is 13.4 Å². The van der Waals surface area contributed by atoms with Crippen LogP contribution in [-0.2, 0) is 9.84 Å². The number of anilines is 1. The Morgan fingerprint density at radius 1 is 1.27 bits per heavy atom. The molecule has 1 aliphatic heterocycles. The summed E-state index contributed by atoms with van der Waals surface area (Å²) in [4.78, 5) is 17.8. The third-order valence-electron chi connectivity index (χ3n) is 4.63. The standard InChI is InChI=1S/C17H24N4O3S2/c1-9(2)17-18-11(4)15(25-17)16(22)19-14-10(3)20-21(12(14)5)13-6-7-26(23,24)8-13/h9,13H,6-8H2,1-5H3,(H,19,22). The predicted molar refractivity (Wildman–Crippen MR) is 103 cm³/mol. The summed E-state index contributed by atoms with van der Waals surface area (Å²) in [5, 5.41) is 8.37. The lowest BCUT2D eigenvalue weighted by Gasteiger charge is -2.11. The highest BCUT2D eigenvalue weighted by atomic mass is 32.2. The van der Waals surface area contributed by atoms with Crippen LogP contribution in [0.2, 0.25) is 0 Å². The highest BCUT2D eigenvalue weighted by Crippen LogP contribution is 2.30. The van der Waals surface area contributed by atoms with Crippen LogP contribution in [-0.4, -0.2) is 40.6 Å². The minimum atomic E-state index is -3.00. The molecule has 9 heteroatoms. The van der Waals surface area contributed by atoms with Crippen molar-refractivity contribution in [2.24, 2.45) is 0 Å². The largest absolute Gasteiger partial charge is 0.318 e. The molecule has 1 unspecified atom stereocenters. The monoisotopic (exact) mass is 396 g/mol. The third kappa shape index (κ3) is 3.55. The first-order valence-corrected chi connectivity index (χ1v) is 11.3. The van der Waals surface area contributed by atoms with E-state index >= 15 is 0 Å². The van der Waals surface area contributed by atoms with Gasteiger partial charge in [-0.15, -0.1) is 11.3 Å². The molecular formula is C17H24N4O3S2. The number of hydrogen-bond acceptors (Lipinski definition) is 6. The van der Waals surface area contributed by atoms with E-state index in [0.29, 0.717) is 22.7 Å². The van der Waals surface area contributed by atoms with Crippen molar-refractivity contribution in [3.63, 3.8) is 0 Å². The lowest BCUT2D eigenvalue weighted by atomic mass is 10.2. The summed E-state index contributed by atoms with van der Waals surface area (Å²) < 4.78 is 25.3. The molecule has 2 aromatic heterocycles. The number of aryl methyl sites for hydroxylation is 2. The summed E-state index contributed by atoms with van der Waals surface area (Å²) in [6.45, 7) is 9.62. The maximum atomic E-state index is 12.7. The average molecular weight is 397 g/mol. The van der Waals surface area contributed by atoms with Gasteiger partial charge in [-0.3, -0.25) is 9.48 Å². The van der Waals surface area contributed by atoms with Crippen LogP contribution in [0.1, 0.15) is 64.0 Å². The van der Waals surface area contributed by atoms with Crippen molar-refractivity contribution in [2.75, 3.05) is 16.8 Å². The minimum Gasteiger partial charge on any atom is -0.318 e. The molecule has 7 nitrogen and oxygen atoms in total. The van der Waals surface area contributed by atoms with E-state index in [2.05, 4.69) is 15.4 Å². The van der Waals surface area contributed by atoms with E-state index in [1.807, 2.05) is 34.6 Å². The van der Waals surface area contributed by atoms with E-state index in [0.717, 1.165) is 16.4 Å². The van der Waals surface area contributed by atoms with Gasteiger partial charge in [-0.05, 0) is 27.2 Å². The summed E-state index contributed by atoms with van der Waals surface area (Å²) in [5.74, 6) is 0.372.